The smallest absolute Gasteiger partial charge is 0.317 e. The average Bonchev–Trinajstić information content (AvgIpc) is 2.02. The largest absolute Gasteiger partial charge is 0.480 e. The van der Waals surface area contributed by atoms with E-state index in [-0.39, 0.29) is 6.54 Å². The third kappa shape index (κ3) is 7.63. The highest BCUT2D eigenvalue weighted by atomic mass is 16.4. The first-order chi connectivity index (χ1) is 6.56. The van der Waals surface area contributed by atoms with Gasteiger partial charge in [-0.05, 0) is 25.3 Å². The molecule has 3 nitrogen and oxygen atoms in total. The Hall–Kier alpha value is -1.01. The van der Waals surface area contributed by atoms with Crippen LogP contribution in [0.4, 0.5) is 0 Å². The molecule has 0 atom stereocenters. The first kappa shape index (κ1) is 13.0. The van der Waals surface area contributed by atoms with Crippen molar-refractivity contribution >= 4 is 5.97 Å². The van der Waals surface area contributed by atoms with E-state index in [1.165, 1.54) is 0 Å². The molecule has 80 valence electrons. The van der Waals surface area contributed by atoms with E-state index in [1.807, 2.05) is 0 Å². The van der Waals surface area contributed by atoms with Crippen molar-refractivity contribution in [3.8, 4) is 12.3 Å². The highest BCUT2D eigenvalue weighted by Gasteiger charge is 2.07. The average molecular weight is 197 g/mol. The number of hydrogen-bond donors (Lipinski definition) is 1. The fraction of sp³-hybridized carbons (Fsp3) is 0.727. The van der Waals surface area contributed by atoms with Crippen molar-refractivity contribution in [1.82, 2.24) is 4.90 Å². The Morgan fingerprint density at radius 2 is 2.21 bits per heavy atom. The highest BCUT2D eigenvalue weighted by Crippen LogP contribution is 2.04. The minimum Gasteiger partial charge on any atom is -0.480 e. The van der Waals surface area contributed by atoms with Crippen LogP contribution in [0.5, 0.6) is 0 Å². The first-order valence-electron chi connectivity index (χ1n) is 4.94. The van der Waals surface area contributed by atoms with Crippen molar-refractivity contribution in [2.24, 2.45) is 5.92 Å². The van der Waals surface area contributed by atoms with Crippen molar-refractivity contribution in [2.75, 3.05) is 19.6 Å². The Morgan fingerprint density at radius 3 is 2.64 bits per heavy atom. The zero-order chi connectivity index (χ0) is 11.0. The normalized spacial score (nSPS) is 10.5. The maximum Gasteiger partial charge on any atom is 0.317 e. The number of terminal acetylenes is 1. The summed E-state index contributed by atoms with van der Waals surface area (Å²) in [4.78, 5) is 12.3. The zero-order valence-corrected chi connectivity index (χ0v) is 8.99. The summed E-state index contributed by atoms with van der Waals surface area (Å²) in [6.45, 7) is 5.55. The second-order valence-corrected chi connectivity index (χ2v) is 3.84. The molecule has 0 aromatic rings. The van der Waals surface area contributed by atoms with Crippen LogP contribution >= 0.6 is 0 Å². The van der Waals surface area contributed by atoms with E-state index >= 15 is 0 Å². The van der Waals surface area contributed by atoms with Gasteiger partial charge in [0.05, 0.1) is 13.1 Å². The third-order valence-electron chi connectivity index (χ3n) is 1.93. The van der Waals surface area contributed by atoms with Gasteiger partial charge in [0.15, 0.2) is 0 Å². The van der Waals surface area contributed by atoms with Gasteiger partial charge in [-0.2, -0.15) is 0 Å². The van der Waals surface area contributed by atoms with Crippen molar-refractivity contribution in [3.05, 3.63) is 0 Å². The quantitative estimate of drug-likeness (QED) is 0.628. The summed E-state index contributed by atoms with van der Waals surface area (Å²) in [6, 6.07) is 0. The van der Waals surface area contributed by atoms with Crippen LogP contribution in [-0.2, 0) is 4.79 Å². The molecule has 0 aliphatic rings. The van der Waals surface area contributed by atoms with E-state index in [9.17, 15) is 4.79 Å². The van der Waals surface area contributed by atoms with Gasteiger partial charge in [0, 0.05) is 0 Å². The lowest BCUT2D eigenvalue weighted by atomic mass is 10.1. The molecule has 0 aliphatic carbocycles. The Morgan fingerprint density at radius 1 is 1.57 bits per heavy atom. The van der Waals surface area contributed by atoms with Crippen LogP contribution in [0.1, 0.15) is 26.7 Å². The Kier molecular flexibility index (Phi) is 6.87. The van der Waals surface area contributed by atoms with Crippen molar-refractivity contribution in [3.63, 3.8) is 0 Å². The topological polar surface area (TPSA) is 40.5 Å². The summed E-state index contributed by atoms with van der Waals surface area (Å²) in [5, 5.41) is 8.61. The molecule has 0 rings (SSSR count). The van der Waals surface area contributed by atoms with Crippen LogP contribution in [0.2, 0.25) is 0 Å². The van der Waals surface area contributed by atoms with Crippen LogP contribution in [0.3, 0.4) is 0 Å². The molecule has 0 aromatic carbocycles. The molecule has 0 unspecified atom stereocenters. The number of carbonyl (C=O) groups is 1. The van der Waals surface area contributed by atoms with Gasteiger partial charge in [-0.25, -0.2) is 0 Å². The van der Waals surface area contributed by atoms with Crippen molar-refractivity contribution in [1.29, 1.82) is 0 Å². The summed E-state index contributed by atoms with van der Waals surface area (Å²) >= 11 is 0. The number of carboxylic acids is 1. The SMILES string of the molecule is C#CCN(CCCC(C)C)CC(=O)O. The molecule has 0 aliphatic heterocycles. The lowest BCUT2D eigenvalue weighted by Gasteiger charge is -2.17. The highest BCUT2D eigenvalue weighted by molar-refractivity contribution is 5.69. The molecule has 0 saturated heterocycles. The van der Waals surface area contributed by atoms with Gasteiger partial charge >= 0.3 is 5.97 Å². The fourth-order valence-electron chi connectivity index (χ4n) is 1.26. The van der Waals surface area contributed by atoms with E-state index in [2.05, 4.69) is 19.8 Å². The molecule has 0 spiro atoms. The lowest BCUT2D eigenvalue weighted by Crippen LogP contribution is -2.31. The summed E-state index contributed by atoms with van der Waals surface area (Å²) in [6.07, 6.45) is 7.27. The maximum absolute atomic E-state index is 10.5. The molecule has 1 N–H and O–H groups in total. The van der Waals surface area contributed by atoms with Gasteiger partial charge in [0.1, 0.15) is 0 Å². The van der Waals surface area contributed by atoms with Gasteiger partial charge < -0.3 is 5.11 Å². The third-order valence-corrected chi connectivity index (χ3v) is 1.93. The molecule has 0 radical (unpaired) electrons. The molecule has 0 fully saturated rings. The Bertz CT molecular complexity index is 206. The Balaban J connectivity index is 3.74. The fourth-order valence-corrected chi connectivity index (χ4v) is 1.26. The number of nitrogens with zero attached hydrogens (tertiary/aromatic N) is 1. The number of rotatable bonds is 7. The predicted octanol–water partition coefficient (Wildman–Crippen LogP) is 1.44. The summed E-state index contributed by atoms with van der Waals surface area (Å²) in [7, 11) is 0. The van der Waals surface area contributed by atoms with E-state index in [0.29, 0.717) is 12.5 Å². The van der Waals surface area contributed by atoms with Gasteiger partial charge in [-0.1, -0.05) is 19.8 Å². The number of aliphatic carboxylic acids is 1. The van der Waals surface area contributed by atoms with Crippen LogP contribution in [0.15, 0.2) is 0 Å². The molecule has 0 bridgehead atoms. The predicted molar refractivity (Wildman–Crippen MR) is 57.0 cm³/mol. The lowest BCUT2D eigenvalue weighted by molar-refractivity contribution is -0.138. The molecular formula is C11H19NO2. The molecular weight excluding hydrogens is 178 g/mol. The van der Waals surface area contributed by atoms with E-state index in [4.69, 9.17) is 11.5 Å². The van der Waals surface area contributed by atoms with Crippen LogP contribution < -0.4 is 0 Å². The minimum atomic E-state index is -0.815. The first-order valence-corrected chi connectivity index (χ1v) is 4.94. The summed E-state index contributed by atoms with van der Waals surface area (Å²) < 4.78 is 0. The molecule has 0 amide bonds. The minimum absolute atomic E-state index is 0.0439. The second kappa shape index (κ2) is 7.40. The Labute approximate surface area is 86.1 Å². The van der Waals surface area contributed by atoms with Gasteiger partial charge in [0.2, 0.25) is 0 Å². The molecule has 0 saturated carbocycles. The molecule has 3 heteroatoms. The zero-order valence-electron chi connectivity index (χ0n) is 8.99. The van der Waals surface area contributed by atoms with Gasteiger partial charge in [0.25, 0.3) is 0 Å². The maximum atomic E-state index is 10.5. The summed E-state index contributed by atoms with van der Waals surface area (Å²) in [5.74, 6) is 2.32. The molecule has 0 heterocycles. The van der Waals surface area contributed by atoms with E-state index in [1.54, 1.807) is 4.90 Å². The van der Waals surface area contributed by atoms with Crippen LogP contribution in [0.25, 0.3) is 0 Å². The molecule has 0 aromatic heterocycles. The number of hydrogen-bond acceptors (Lipinski definition) is 2. The number of carboxylic acid groups (broad SMARTS) is 1. The van der Waals surface area contributed by atoms with E-state index in [0.717, 1.165) is 19.4 Å². The van der Waals surface area contributed by atoms with Crippen LogP contribution in [-0.4, -0.2) is 35.6 Å². The van der Waals surface area contributed by atoms with Gasteiger partial charge in [-0.15, -0.1) is 6.42 Å². The standard InChI is InChI=1S/C11H19NO2/c1-4-7-12(9-11(13)14)8-5-6-10(2)3/h1,10H,5-9H2,2-3H3,(H,13,14). The van der Waals surface area contributed by atoms with E-state index < -0.39 is 5.97 Å². The van der Waals surface area contributed by atoms with Crippen LogP contribution in [0, 0.1) is 18.3 Å². The van der Waals surface area contributed by atoms with Gasteiger partial charge in [-0.3, -0.25) is 9.69 Å². The van der Waals surface area contributed by atoms with Crippen molar-refractivity contribution in [2.45, 2.75) is 26.7 Å². The molecule has 14 heavy (non-hydrogen) atoms. The second-order valence-electron chi connectivity index (χ2n) is 3.84. The van der Waals surface area contributed by atoms with Crippen molar-refractivity contribution < 1.29 is 9.90 Å². The summed E-state index contributed by atoms with van der Waals surface area (Å²) in [5.41, 5.74) is 0. The monoisotopic (exact) mass is 197 g/mol.